The normalized spacial score (nSPS) is 26.5. The van der Waals surface area contributed by atoms with Crippen LogP contribution in [0.5, 0.6) is 0 Å². The van der Waals surface area contributed by atoms with Crippen LogP contribution in [0.15, 0.2) is 24.3 Å². The van der Waals surface area contributed by atoms with Gasteiger partial charge >= 0.3 is 0 Å². The standard InChI is InChI=1S/C16H22N2O3/c1-2-21-15-11-14(16(15)9-3-4-10-16)17-12-5-7-13(8-6-12)18(19)20/h5-8,14-15,17H,2-4,9-11H2,1H3/t14-,15+/m1/s1. The third-order valence-electron chi connectivity index (χ3n) is 5.11. The van der Waals surface area contributed by atoms with E-state index in [0.717, 1.165) is 18.7 Å². The Kier molecular flexibility index (Phi) is 3.85. The number of anilines is 1. The van der Waals surface area contributed by atoms with Gasteiger partial charge in [0.2, 0.25) is 0 Å². The Hall–Kier alpha value is -1.62. The summed E-state index contributed by atoms with van der Waals surface area (Å²) in [5, 5.41) is 14.3. The lowest BCUT2D eigenvalue weighted by atomic mass is 9.60. The molecule has 1 aromatic rings. The Morgan fingerprint density at radius 1 is 1.33 bits per heavy atom. The van der Waals surface area contributed by atoms with E-state index in [1.165, 1.54) is 25.7 Å². The fourth-order valence-corrected chi connectivity index (χ4v) is 3.97. The molecule has 0 aliphatic heterocycles. The molecule has 21 heavy (non-hydrogen) atoms. The van der Waals surface area contributed by atoms with Crippen LogP contribution in [0.2, 0.25) is 0 Å². The van der Waals surface area contributed by atoms with Crippen LogP contribution >= 0.6 is 0 Å². The van der Waals surface area contributed by atoms with Gasteiger partial charge in [-0.05, 0) is 38.3 Å². The van der Waals surface area contributed by atoms with Gasteiger partial charge in [-0.15, -0.1) is 0 Å². The van der Waals surface area contributed by atoms with E-state index in [1.807, 2.05) is 0 Å². The van der Waals surface area contributed by atoms with Crippen molar-refractivity contribution in [1.29, 1.82) is 0 Å². The van der Waals surface area contributed by atoms with E-state index >= 15 is 0 Å². The molecule has 114 valence electrons. The molecule has 2 aliphatic rings. The Labute approximate surface area is 124 Å². The number of hydrogen-bond donors (Lipinski definition) is 1. The third-order valence-corrected chi connectivity index (χ3v) is 5.11. The second-order valence-corrected chi connectivity index (χ2v) is 6.12. The smallest absolute Gasteiger partial charge is 0.269 e. The van der Waals surface area contributed by atoms with E-state index in [1.54, 1.807) is 24.3 Å². The minimum absolute atomic E-state index is 0.136. The van der Waals surface area contributed by atoms with Gasteiger partial charge < -0.3 is 10.1 Å². The van der Waals surface area contributed by atoms with Gasteiger partial charge in [0.1, 0.15) is 0 Å². The van der Waals surface area contributed by atoms with Crippen molar-refractivity contribution in [2.45, 2.75) is 51.2 Å². The van der Waals surface area contributed by atoms with E-state index < -0.39 is 0 Å². The first-order valence-corrected chi connectivity index (χ1v) is 7.78. The van der Waals surface area contributed by atoms with Crippen LogP contribution in [-0.2, 0) is 4.74 Å². The second-order valence-electron chi connectivity index (χ2n) is 6.12. The van der Waals surface area contributed by atoms with E-state index in [2.05, 4.69) is 12.2 Å². The number of non-ortho nitro benzene ring substituents is 1. The fraction of sp³-hybridized carbons (Fsp3) is 0.625. The van der Waals surface area contributed by atoms with Gasteiger partial charge in [-0.3, -0.25) is 10.1 Å². The molecule has 1 spiro atoms. The molecule has 1 N–H and O–H groups in total. The Morgan fingerprint density at radius 3 is 2.57 bits per heavy atom. The zero-order valence-electron chi connectivity index (χ0n) is 12.4. The molecule has 5 heteroatoms. The predicted octanol–water partition coefficient (Wildman–Crippen LogP) is 3.74. The number of hydrogen-bond acceptors (Lipinski definition) is 4. The molecule has 2 saturated carbocycles. The average Bonchev–Trinajstić information content (AvgIpc) is 2.99. The molecule has 0 heterocycles. The Morgan fingerprint density at radius 2 is 2.00 bits per heavy atom. The molecule has 0 saturated heterocycles. The van der Waals surface area contributed by atoms with Crippen LogP contribution in [0.1, 0.15) is 39.0 Å². The average molecular weight is 290 g/mol. The predicted molar refractivity (Wildman–Crippen MR) is 81.4 cm³/mol. The van der Waals surface area contributed by atoms with Gasteiger partial charge in [-0.25, -0.2) is 0 Å². The number of nitro groups is 1. The molecule has 2 aliphatic carbocycles. The highest BCUT2D eigenvalue weighted by molar-refractivity contribution is 5.50. The monoisotopic (exact) mass is 290 g/mol. The third kappa shape index (κ3) is 2.50. The van der Waals surface area contributed by atoms with Crippen molar-refractivity contribution in [3.05, 3.63) is 34.4 Å². The minimum Gasteiger partial charge on any atom is -0.382 e. The van der Waals surface area contributed by atoms with Gasteiger partial charge in [0.25, 0.3) is 5.69 Å². The van der Waals surface area contributed by atoms with Crippen molar-refractivity contribution in [2.24, 2.45) is 5.41 Å². The highest BCUT2D eigenvalue weighted by atomic mass is 16.6. The van der Waals surface area contributed by atoms with E-state index in [-0.39, 0.29) is 16.0 Å². The molecule has 2 fully saturated rings. The van der Waals surface area contributed by atoms with Crippen molar-refractivity contribution in [3.63, 3.8) is 0 Å². The highest BCUT2D eigenvalue weighted by Gasteiger charge is 2.56. The molecule has 5 nitrogen and oxygen atoms in total. The van der Waals surface area contributed by atoms with E-state index in [0.29, 0.717) is 12.1 Å². The molecule has 0 amide bonds. The summed E-state index contributed by atoms with van der Waals surface area (Å²) < 4.78 is 5.90. The van der Waals surface area contributed by atoms with E-state index in [4.69, 9.17) is 4.74 Å². The molecule has 0 radical (unpaired) electrons. The number of rotatable bonds is 5. The number of nitrogens with one attached hydrogen (secondary N) is 1. The first-order chi connectivity index (χ1) is 10.2. The van der Waals surface area contributed by atoms with Crippen LogP contribution in [0.25, 0.3) is 0 Å². The number of benzene rings is 1. The molecule has 0 bridgehead atoms. The Bertz CT molecular complexity index is 509. The second kappa shape index (κ2) is 5.64. The van der Waals surface area contributed by atoms with Crippen molar-refractivity contribution in [3.8, 4) is 0 Å². The van der Waals surface area contributed by atoms with Crippen molar-refractivity contribution < 1.29 is 9.66 Å². The van der Waals surface area contributed by atoms with Gasteiger partial charge in [0, 0.05) is 35.9 Å². The summed E-state index contributed by atoms with van der Waals surface area (Å²) in [5.41, 5.74) is 1.38. The topological polar surface area (TPSA) is 64.4 Å². The fourth-order valence-electron chi connectivity index (χ4n) is 3.97. The zero-order chi connectivity index (χ0) is 14.9. The molecule has 1 aromatic carbocycles. The Balaban J connectivity index is 1.69. The van der Waals surface area contributed by atoms with Crippen molar-refractivity contribution in [1.82, 2.24) is 0 Å². The minimum atomic E-state index is -0.364. The maximum atomic E-state index is 10.7. The SMILES string of the molecule is CCO[C@H]1C[C@@H](Nc2ccc([N+](=O)[O-])cc2)C12CCCC2. The summed E-state index contributed by atoms with van der Waals surface area (Å²) in [5.74, 6) is 0. The first kappa shape index (κ1) is 14.3. The summed E-state index contributed by atoms with van der Waals surface area (Å²) in [6.45, 7) is 2.83. The lowest BCUT2D eigenvalue weighted by Gasteiger charge is -2.54. The summed E-state index contributed by atoms with van der Waals surface area (Å²) in [6.07, 6.45) is 6.42. The lowest BCUT2D eigenvalue weighted by molar-refractivity contribution is -0.384. The molecule has 2 atom stereocenters. The van der Waals surface area contributed by atoms with Gasteiger partial charge in [-0.2, -0.15) is 0 Å². The lowest BCUT2D eigenvalue weighted by Crippen LogP contribution is -2.60. The zero-order valence-corrected chi connectivity index (χ0v) is 12.4. The number of ether oxygens (including phenoxy) is 1. The first-order valence-electron chi connectivity index (χ1n) is 7.78. The summed E-state index contributed by atoms with van der Waals surface area (Å²) in [6, 6.07) is 7.15. The van der Waals surface area contributed by atoms with Crippen LogP contribution in [0.4, 0.5) is 11.4 Å². The van der Waals surface area contributed by atoms with Gasteiger partial charge in [-0.1, -0.05) is 12.8 Å². The van der Waals surface area contributed by atoms with Gasteiger partial charge in [0.05, 0.1) is 11.0 Å². The maximum absolute atomic E-state index is 10.7. The summed E-state index contributed by atoms with van der Waals surface area (Å²) in [7, 11) is 0. The van der Waals surface area contributed by atoms with Crippen LogP contribution in [0, 0.1) is 15.5 Å². The number of nitro benzene ring substituents is 1. The van der Waals surface area contributed by atoms with Crippen LogP contribution in [-0.4, -0.2) is 23.7 Å². The van der Waals surface area contributed by atoms with Crippen LogP contribution < -0.4 is 5.32 Å². The molecular weight excluding hydrogens is 268 g/mol. The molecule has 3 rings (SSSR count). The maximum Gasteiger partial charge on any atom is 0.269 e. The quantitative estimate of drug-likeness (QED) is 0.662. The van der Waals surface area contributed by atoms with Crippen molar-refractivity contribution >= 4 is 11.4 Å². The summed E-state index contributed by atoms with van der Waals surface area (Å²) >= 11 is 0. The molecular formula is C16H22N2O3. The largest absolute Gasteiger partial charge is 0.382 e. The molecule has 0 unspecified atom stereocenters. The van der Waals surface area contributed by atoms with Crippen LogP contribution in [0.3, 0.4) is 0 Å². The molecule has 0 aromatic heterocycles. The van der Waals surface area contributed by atoms with Crippen molar-refractivity contribution in [2.75, 3.05) is 11.9 Å². The summed E-state index contributed by atoms with van der Waals surface area (Å²) in [4.78, 5) is 10.3. The number of nitrogens with zero attached hydrogens (tertiary/aromatic N) is 1. The highest BCUT2D eigenvalue weighted by Crippen LogP contribution is 2.55. The van der Waals surface area contributed by atoms with Gasteiger partial charge in [0.15, 0.2) is 0 Å². The van der Waals surface area contributed by atoms with E-state index in [9.17, 15) is 10.1 Å².